The van der Waals surface area contributed by atoms with E-state index in [0.29, 0.717) is 17.2 Å². The van der Waals surface area contributed by atoms with Crippen molar-refractivity contribution < 1.29 is 22.7 Å². The molecule has 3 aliphatic rings. The molecule has 3 fully saturated rings. The van der Waals surface area contributed by atoms with Gasteiger partial charge in [-0.05, 0) is 55.8 Å². The number of benzene rings is 2. The van der Waals surface area contributed by atoms with Crippen LogP contribution in [0.4, 0.5) is 13.2 Å². The molecule has 1 atom stereocenters. The summed E-state index contributed by atoms with van der Waals surface area (Å²) >= 11 is 0. The number of fused-ring (bicyclic) bond motifs is 3. The van der Waals surface area contributed by atoms with E-state index in [9.17, 15) is 13.2 Å². The second kappa shape index (κ2) is 8.45. The second-order valence-electron chi connectivity index (χ2n) is 7.54. The van der Waals surface area contributed by atoms with Crippen molar-refractivity contribution in [2.24, 2.45) is 11.1 Å². The fourth-order valence-electron chi connectivity index (χ4n) is 3.91. The molecule has 29 heavy (non-hydrogen) atoms. The number of para-hydroxylation sites is 1. The average Bonchev–Trinajstić information content (AvgIpc) is 2.73. The number of nitrogens with zero attached hydrogens (tertiary/aromatic N) is 2. The summed E-state index contributed by atoms with van der Waals surface area (Å²) in [6.45, 7) is 3.23. The lowest BCUT2D eigenvalue weighted by molar-refractivity contribution is -0.137. The largest absolute Gasteiger partial charge is 0.488 e. The SMILES string of the molecule is FC(F)(F)c1cccc(COc2ccccc2/C=N/OC2CN3CCC2CC3)c1. The summed E-state index contributed by atoms with van der Waals surface area (Å²) in [5.74, 6) is 1.11. The molecule has 3 aliphatic heterocycles. The Morgan fingerprint density at radius 3 is 2.59 bits per heavy atom. The Labute approximate surface area is 167 Å². The maximum atomic E-state index is 12.9. The predicted octanol–water partition coefficient (Wildman–Crippen LogP) is 4.73. The van der Waals surface area contributed by atoms with Crippen molar-refractivity contribution in [1.82, 2.24) is 4.90 Å². The van der Waals surface area contributed by atoms with Crippen molar-refractivity contribution in [1.29, 1.82) is 0 Å². The summed E-state index contributed by atoms with van der Waals surface area (Å²) in [6, 6.07) is 12.4. The lowest BCUT2D eigenvalue weighted by Gasteiger charge is -2.42. The molecule has 5 rings (SSSR count). The quantitative estimate of drug-likeness (QED) is 0.516. The van der Waals surface area contributed by atoms with Gasteiger partial charge in [0.1, 0.15) is 18.5 Å². The molecule has 7 heteroatoms. The van der Waals surface area contributed by atoms with E-state index < -0.39 is 11.7 Å². The minimum absolute atomic E-state index is 0.0370. The van der Waals surface area contributed by atoms with Gasteiger partial charge in [-0.25, -0.2) is 0 Å². The Balaban J connectivity index is 1.38. The Hall–Kier alpha value is -2.54. The third kappa shape index (κ3) is 4.90. The second-order valence-corrected chi connectivity index (χ2v) is 7.54. The monoisotopic (exact) mass is 404 g/mol. The van der Waals surface area contributed by atoms with E-state index >= 15 is 0 Å². The van der Waals surface area contributed by atoms with Crippen LogP contribution in [0.3, 0.4) is 0 Å². The van der Waals surface area contributed by atoms with Crippen molar-refractivity contribution >= 4 is 6.21 Å². The van der Waals surface area contributed by atoms with E-state index in [1.807, 2.05) is 18.2 Å². The third-order valence-electron chi connectivity index (χ3n) is 5.55. The highest BCUT2D eigenvalue weighted by Gasteiger charge is 2.35. The molecular weight excluding hydrogens is 381 g/mol. The highest BCUT2D eigenvalue weighted by Crippen LogP contribution is 2.31. The zero-order valence-electron chi connectivity index (χ0n) is 15.9. The molecule has 154 valence electrons. The van der Waals surface area contributed by atoms with Gasteiger partial charge in [0.25, 0.3) is 0 Å². The summed E-state index contributed by atoms with van der Waals surface area (Å²) in [5.41, 5.74) is 0.496. The minimum atomic E-state index is -4.37. The lowest BCUT2D eigenvalue weighted by atomic mass is 9.86. The number of hydrogen-bond donors (Lipinski definition) is 0. The van der Waals surface area contributed by atoms with Gasteiger partial charge < -0.3 is 9.57 Å². The Morgan fingerprint density at radius 2 is 1.86 bits per heavy atom. The summed E-state index contributed by atoms with van der Waals surface area (Å²) in [6.07, 6.45) is -0.341. The topological polar surface area (TPSA) is 34.1 Å². The average molecular weight is 404 g/mol. The van der Waals surface area contributed by atoms with Gasteiger partial charge in [-0.3, -0.25) is 4.90 Å². The normalized spacial score (nSPS) is 24.0. The number of rotatable bonds is 6. The molecule has 0 saturated carbocycles. The zero-order chi connectivity index (χ0) is 20.3. The highest BCUT2D eigenvalue weighted by molar-refractivity contribution is 5.83. The summed E-state index contributed by atoms with van der Waals surface area (Å²) in [4.78, 5) is 8.13. The summed E-state index contributed by atoms with van der Waals surface area (Å²) in [7, 11) is 0. The van der Waals surface area contributed by atoms with E-state index in [4.69, 9.17) is 9.57 Å². The van der Waals surface area contributed by atoms with E-state index in [1.165, 1.54) is 6.07 Å². The molecule has 2 bridgehead atoms. The van der Waals surface area contributed by atoms with Gasteiger partial charge in [0.2, 0.25) is 0 Å². The standard InChI is InChI=1S/C22H23F3N2O2/c23-22(24,25)19-6-3-4-16(12-19)15-28-20-7-2-1-5-18(20)13-26-29-21-14-27-10-8-17(21)9-11-27/h1-7,12-13,17,21H,8-11,14-15H2/b26-13+. The van der Waals surface area contributed by atoms with Crippen LogP contribution in [0.5, 0.6) is 5.75 Å². The van der Waals surface area contributed by atoms with Crippen LogP contribution in [0.15, 0.2) is 53.7 Å². The molecule has 3 saturated heterocycles. The molecule has 0 radical (unpaired) electrons. The maximum absolute atomic E-state index is 12.9. The first-order chi connectivity index (χ1) is 14.0. The van der Waals surface area contributed by atoms with E-state index in [0.717, 1.165) is 50.2 Å². The molecule has 1 unspecified atom stereocenters. The van der Waals surface area contributed by atoms with Crippen molar-refractivity contribution in [2.75, 3.05) is 19.6 Å². The van der Waals surface area contributed by atoms with Gasteiger partial charge in [-0.2, -0.15) is 13.2 Å². The maximum Gasteiger partial charge on any atom is 0.416 e. The van der Waals surface area contributed by atoms with Crippen molar-refractivity contribution in [3.63, 3.8) is 0 Å². The van der Waals surface area contributed by atoms with Crippen molar-refractivity contribution in [3.05, 3.63) is 65.2 Å². The number of alkyl halides is 3. The van der Waals surface area contributed by atoms with Crippen LogP contribution in [0.2, 0.25) is 0 Å². The van der Waals surface area contributed by atoms with Gasteiger partial charge in [-0.1, -0.05) is 29.4 Å². The summed E-state index contributed by atoms with van der Waals surface area (Å²) in [5, 5.41) is 4.17. The first-order valence-corrected chi connectivity index (χ1v) is 9.78. The van der Waals surface area contributed by atoms with Crippen LogP contribution in [0.25, 0.3) is 0 Å². The molecule has 2 aromatic carbocycles. The van der Waals surface area contributed by atoms with Gasteiger partial charge in [0.15, 0.2) is 0 Å². The number of hydrogen-bond acceptors (Lipinski definition) is 4. The van der Waals surface area contributed by atoms with Crippen LogP contribution in [0.1, 0.15) is 29.5 Å². The molecule has 0 amide bonds. The fourth-order valence-corrected chi connectivity index (χ4v) is 3.91. The van der Waals surface area contributed by atoms with Crippen LogP contribution < -0.4 is 4.74 Å². The highest BCUT2D eigenvalue weighted by atomic mass is 19.4. The van der Waals surface area contributed by atoms with Crippen molar-refractivity contribution in [2.45, 2.75) is 31.7 Å². The van der Waals surface area contributed by atoms with Crippen LogP contribution in [0, 0.1) is 5.92 Å². The Morgan fingerprint density at radius 1 is 1.07 bits per heavy atom. The molecule has 0 aliphatic carbocycles. The van der Waals surface area contributed by atoms with Gasteiger partial charge in [0, 0.05) is 18.0 Å². The fraction of sp³-hybridized carbons (Fsp3) is 0.409. The number of oxime groups is 1. The van der Waals surface area contributed by atoms with E-state index in [2.05, 4.69) is 10.1 Å². The molecule has 0 N–H and O–H groups in total. The number of piperidine rings is 3. The van der Waals surface area contributed by atoms with Gasteiger partial charge in [0.05, 0.1) is 11.8 Å². The first kappa shape index (κ1) is 19.8. The third-order valence-corrected chi connectivity index (χ3v) is 5.55. The smallest absolute Gasteiger partial charge is 0.416 e. The minimum Gasteiger partial charge on any atom is -0.488 e. The van der Waals surface area contributed by atoms with Crippen LogP contribution in [-0.2, 0) is 17.6 Å². The van der Waals surface area contributed by atoms with E-state index in [1.54, 1.807) is 18.3 Å². The van der Waals surface area contributed by atoms with Crippen molar-refractivity contribution in [3.8, 4) is 5.75 Å². The van der Waals surface area contributed by atoms with E-state index in [-0.39, 0.29) is 12.7 Å². The molecular formula is C22H23F3N2O2. The van der Waals surface area contributed by atoms with Gasteiger partial charge in [-0.15, -0.1) is 0 Å². The zero-order valence-corrected chi connectivity index (χ0v) is 15.9. The molecule has 2 aromatic rings. The lowest BCUT2D eigenvalue weighted by Crippen LogP contribution is -2.50. The number of ether oxygens (including phenoxy) is 1. The molecule has 0 aromatic heterocycles. The van der Waals surface area contributed by atoms with Crippen LogP contribution in [-0.4, -0.2) is 36.9 Å². The Bertz CT molecular complexity index is 861. The summed E-state index contributed by atoms with van der Waals surface area (Å²) < 4.78 is 44.4. The molecule has 0 spiro atoms. The van der Waals surface area contributed by atoms with Crippen LogP contribution >= 0.6 is 0 Å². The first-order valence-electron chi connectivity index (χ1n) is 9.78. The number of halogens is 3. The predicted molar refractivity (Wildman–Crippen MR) is 104 cm³/mol. The Kier molecular flexibility index (Phi) is 5.76. The molecule has 4 nitrogen and oxygen atoms in total. The van der Waals surface area contributed by atoms with Gasteiger partial charge >= 0.3 is 6.18 Å². The molecule has 3 heterocycles.